The molecule has 0 saturated heterocycles. The molecule has 26 heavy (non-hydrogen) atoms. The highest BCUT2D eigenvalue weighted by Crippen LogP contribution is 2.24. The molecule has 3 aromatic rings. The SMILES string of the molecule is Cc1oc(-c2ccccc2F)nc1CCNC(=O)CCc1ccccc1. The molecular weight excluding hydrogens is 331 g/mol. The molecule has 1 amide bonds. The van der Waals surface area contributed by atoms with Crippen LogP contribution >= 0.6 is 0 Å². The molecule has 4 nitrogen and oxygen atoms in total. The lowest BCUT2D eigenvalue weighted by Gasteiger charge is -2.04. The first-order valence-electron chi connectivity index (χ1n) is 8.65. The van der Waals surface area contributed by atoms with E-state index in [4.69, 9.17) is 4.42 Å². The van der Waals surface area contributed by atoms with E-state index in [2.05, 4.69) is 10.3 Å². The molecule has 1 aromatic heterocycles. The summed E-state index contributed by atoms with van der Waals surface area (Å²) in [5.41, 5.74) is 2.21. The highest BCUT2D eigenvalue weighted by Gasteiger charge is 2.14. The normalized spacial score (nSPS) is 10.7. The molecule has 0 bridgehead atoms. The van der Waals surface area contributed by atoms with Crippen LogP contribution in [0.1, 0.15) is 23.4 Å². The summed E-state index contributed by atoms with van der Waals surface area (Å²) in [7, 11) is 0. The quantitative estimate of drug-likeness (QED) is 0.697. The molecule has 0 fully saturated rings. The van der Waals surface area contributed by atoms with Gasteiger partial charge in [0.2, 0.25) is 11.8 Å². The molecule has 0 aliphatic carbocycles. The van der Waals surface area contributed by atoms with Gasteiger partial charge in [0.05, 0.1) is 11.3 Å². The Hall–Kier alpha value is -2.95. The lowest BCUT2D eigenvalue weighted by atomic mass is 10.1. The molecule has 2 aromatic carbocycles. The fourth-order valence-corrected chi connectivity index (χ4v) is 2.72. The van der Waals surface area contributed by atoms with E-state index in [1.807, 2.05) is 30.3 Å². The first-order valence-corrected chi connectivity index (χ1v) is 8.65. The number of aromatic nitrogens is 1. The third kappa shape index (κ3) is 4.57. The molecule has 5 heteroatoms. The predicted molar refractivity (Wildman–Crippen MR) is 98.1 cm³/mol. The topological polar surface area (TPSA) is 55.1 Å². The van der Waals surface area contributed by atoms with Crippen molar-refractivity contribution in [2.24, 2.45) is 0 Å². The van der Waals surface area contributed by atoms with Crippen molar-refractivity contribution >= 4 is 5.91 Å². The zero-order chi connectivity index (χ0) is 18.4. The van der Waals surface area contributed by atoms with Crippen LogP contribution in [0.3, 0.4) is 0 Å². The average molecular weight is 352 g/mol. The summed E-state index contributed by atoms with van der Waals surface area (Å²) >= 11 is 0. The van der Waals surface area contributed by atoms with Gasteiger partial charge in [0.15, 0.2) is 0 Å². The van der Waals surface area contributed by atoms with Crippen LogP contribution in [0.4, 0.5) is 4.39 Å². The largest absolute Gasteiger partial charge is 0.441 e. The second kappa shape index (κ2) is 8.43. The second-order valence-electron chi connectivity index (χ2n) is 6.09. The van der Waals surface area contributed by atoms with Crippen LogP contribution in [-0.2, 0) is 17.6 Å². The van der Waals surface area contributed by atoms with Crippen molar-refractivity contribution in [3.05, 3.63) is 77.4 Å². The molecule has 0 saturated carbocycles. The maximum absolute atomic E-state index is 13.8. The Morgan fingerprint density at radius 1 is 1.08 bits per heavy atom. The fourth-order valence-electron chi connectivity index (χ4n) is 2.72. The van der Waals surface area contributed by atoms with Gasteiger partial charge >= 0.3 is 0 Å². The minimum atomic E-state index is -0.366. The monoisotopic (exact) mass is 352 g/mol. The minimum absolute atomic E-state index is 0.00401. The molecule has 0 unspecified atom stereocenters. The van der Waals surface area contributed by atoms with E-state index in [-0.39, 0.29) is 17.6 Å². The Bertz CT molecular complexity index is 875. The van der Waals surface area contributed by atoms with E-state index in [0.717, 1.165) is 11.3 Å². The van der Waals surface area contributed by atoms with Gasteiger partial charge in [-0.05, 0) is 31.0 Å². The number of halogens is 1. The number of carbonyl (C=O) groups is 1. The van der Waals surface area contributed by atoms with Gasteiger partial charge in [0.1, 0.15) is 11.6 Å². The standard InChI is InChI=1S/C21H21FN2O2/c1-15-19(24-21(26-15)17-9-5-6-10-18(17)22)13-14-23-20(25)12-11-16-7-3-2-4-8-16/h2-10H,11-14H2,1H3,(H,23,25). The van der Waals surface area contributed by atoms with E-state index in [9.17, 15) is 9.18 Å². The summed E-state index contributed by atoms with van der Waals surface area (Å²) in [6.07, 6.45) is 1.70. The molecule has 1 heterocycles. The number of amides is 1. The van der Waals surface area contributed by atoms with Crippen LogP contribution in [-0.4, -0.2) is 17.4 Å². The Balaban J connectivity index is 1.51. The van der Waals surface area contributed by atoms with E-state index >= 15 is 0 Å². The zero-order valence-electron chi connectivity index (χ0n) is 14.7. The fraction of sp³-hybridized carbons (Fsp3) is 0.238. The number of carbonyl (C=O) groups excluding carboxylic acids is 1. The first kappa shape index (κ1) is 17.9. The van der Waals surface area contributed by atoms with Gasteiger partial charge in [0.25, 0.3) is 0 Å². The second-order valence-corrected chi connectivity index (χ2v) is 6.09. The van der Waals surface area contributed by atoms with E-state index in [1.165, 1.54) is 6.07 Å². The van der Waals surface area contributed by atoms with Crippen LogP contribution in [0.25, 0.3) is 11.5 Å². The molecule has 3 rings (SSSR count). The molecule has 1 N–H and O–H groups in total. The highest BCUT2D eigenvalue weighted by molar-refractivity contribution is 5.76. The maximum Gasteiger partial charge on any atom is 0.229 e. The summed E-state index contributed by atoms with van der Waals surface area (Å²) < 4.78 is 19.4. The van der Waals surface area contributed by atoms with Crippen molar-refractivity contribution in [1.29, 1.82) is 0 Å². The summed E-state index contributed by atoms with van der Waals surface area (Å²) in [5.74, 6) is 0.548. The van der Waals surface area contributed by atoms with Crippen LogP contribution in [0.15, 0.2) is 59.0 Å². The number of nitrogens with zero attached hydrogens (tertiary/aromatic N) is 1. The lowest BCUT2D eigenvalue weighted by molar-refractivity contribution is -0.121. The molecule has 0 radical (unpaired) electrons. The van der Waals surface area contributed by atoms with Crippen molar-refractivity contribution in [2.45, 2.75) is 26.2 Å². The summed E-state index contributed by atoms with van der Waals surface area (Å²) in [6, 6.07) is 16.3. The maximum atomic E-state index is 13.8. The van der Waals surface area contributed by atoms with Crippen molar-refractivity contribution < 1.29 is 13.6 Å². The van der Waals surface area contributed by atoms with Crippen LogP contribution in [0, 0.1) is 12.7 Å². The van der Waals surface area contributed by atoms with Gasteiger partial charge in [-0.2, -0.15) is 0 Å². The number of hydrogen-bond donors (Lipinski definition) is 1. The number of nitrogens with one attached hydrogen (secondary N) is 1. The molecular formula is C21H21FN2O2. The Morgan fingerprint density at radius 2 is 1.81 bits per heavy atom. The Morgan fingerprint density at radius 3 is 2.58 bits per heavy atom. The van der Waals surface area contributed by atoms with E-state index in [0.29, 0.717) is 37.1 Å². The number of oxazole rings is 1. The zero-order valence-corrected chi connectivity index (χ0v) is 14.7. The van der Waals surface area contributed by atoms with Crippen molar-refractivity contribution in [3.63, 3.8) is 0 Å². The van der Waals surface area contributed by atoms with Crippen molar-refractivity contribution in [1.82, 2.24) is 10.3 Å². The Kier molecular flexibility index (Phi) is 5.79. The van der Waals surface area contributed by atoms with Gasteiger partial charge in [-0.25, -0.2) is 9.37 Å². The van der Waals surface area contributed by atoms with Crippen LogP contribution in [0.5, 0.6) is 0 Å². The average Bonchev–Trinajstić information content (AvgIpc) is 3.02. The smallest absolute Gasteiger partial charge is 0.229 e. The molecule has 0 aliphatic rings. The number of rotatable bonds is 7. The van der Waals surface area contributed by atoms with Gasteiger partial charge in [0, 0.05) is 19.4 Å². The summed E-state index contributed by atoms with van der Waals surface area (Å²) in [4.78, 5) is 16.3. The van der Waals surface area contributed by atoms with E-state index < -0.39 is 0 Å². The number of aryl methyl sites for hydroxylation is 2. The van der Waals surface area contributed by atoms with Crippen molar-refractivity contribution in [2.75, 3.05) is 6.54 Å². The number of benzene rings is 2. The Labute approximate surface area is 152 Å². The number of hydrogen-bond acceptors (Lipinski definition) is 3. The highest BCUT2D eigenvalue weighted by atomic mass is 19.1. The van der Waals surface area contributed by atoms with Gasteiger partial charge in [-0.1, -0.05) is 42.5 Å². The molecule has 134 valence electrons. The van der Waals surface area contributed by atoms with Crippen LogP contribution in [0.2, 0.25) is 0 Å². The molecule has 0 aliphatic heterocycles. The van der Waals surface area contributed by atoms with Gasteiger partial charge in [-0.3, -0.25) is 4.79 Å². The third-order valence-corrected chi connectivity index (χ3v) is 4.16. The minimum Gasteiger partial charge on any atom is -0.441 e. The lowest BCUT2D eigenvalue weighted by Crippen LogP contribution is -2.26. The van der Waals surface area contributed by atoms with E-state index in [1.54, 1.807) is 25.1 Å². The molecule has 0 spiro atoms. The van der Waals surface area contributed by atoms with Crippen LogP contribution < -0.4 is 5.32 Å². The van der Waals surface area contributed by atoms with Crippen molar-refractivity contribution in [3.8, 4) is 11.5 Å². The van der Waals surface area contributed by atoms with Gasteiger partial charge < -0.3 is 9.73 Å². The predicted octanol–water partition coefficient (Wildman–Crippen LogP) is 4.08. The summed E-state index contributed by atoms with van der Waals surface area (Å²) in [6.45, 7) is 2.27. The molecule has 0 atom stereocenters. The first-order chi connectivity index (χ1) is 12.6. The third-order valence-electron chi connectivity index (χ3n) is 4.16. The summed E-state index contributed by atoms with van der Waals surface area (Å²) in [5, 5.41) is 2.89. The van der Waals surface area contributed by atoms with Gasteiger partial charge in [-0.15, -0.1) is 0 Å².